The fourth-order valence-corrected chi connectivity index (χ4v) is 0. The molecule has 0 saturated heterocycles. The molecule has 26 valence electrons. The van der Waals surface area contributed by atoms with E-state index in [-0.39, 0.29) is 4.70 Å². The van der Waals surface area contributed by atoms with Crippen LogP contribution in [-0.2, 0) is 0 Å². The lowest BCUT2D eigenvalue weighted by Crippen LogP contribution is -1.26. The summed E-state index contributed by atoms with van der Waals surface area (Å²) in [7, 11) is 0. The Labute approximate surface area is 29.6 Å². The van der Waals surface area contributed by atoms with E-state index in [1.807, 2.05) is 0 Å². The van der Waals surface area contributed by atoms with Gasteiger partial charge in [-0.2, -0.15) is 5.26 Å². The Morgan fingerprint density at radius 3 is 1.80 bits per heavy atom. The molecule has 2 heteroatoms. The van der Waals surface area contributed by atoms with Gasteiger partial charge in [0, 0.05) is 5.92 Å². The molecular formula is C3H2FN. The molecule has 0 N–H and O–H groups in total. The highest BCUT2D eigenvalue weighted by atomic mass is 19.0. The molecule has 0 aromatic carbocycles. The van der Waals surface area contributed by atoms with Crippen molar-refractivity contribution in [3.05, 3.63) is 0 Å². The average Bonchev–Trinajstić information content (AvgIpc) is 1.37. The Kier molecular flexibility index (Phi) is 21.9. The van der Waals surface area contributed by atoms with E-state index in [9.17, 15) is 0 Å². The van der Waals surface area contributed by atoms with Gasteiger partial charge in [-0.1, -0.05) is 0 Å². The van der Waals surface area contributed by atoms with E-state index in [0.29, 0.717) is 0 Å². The van der Waals surface area contributed by atoms with Crippen molar-refractivity contribution in [1.82, 2.24) is 0 Å². The van der Waals surface area contributed by atoms with E-state index in [4.69, 9.17) is 5.26 Å². The largest absolute Gasteiger partial charge is 0.269 e. The smallest absolute Gasteiger partial charge is 0.152 e. The molecule has 0 aromatic heterocycles. The van der Waals surface area contributed by atoms with Gasteiger partial charge in [-0.15, -0.1) is 6.42 Å². The van der Waals surface area contributed by atoms with E-state index in [2.05, 4.69) is 6.42 Å². The molecule has 0 amide bonds. The first kappa shape index (κ1) is 9.02. The Bertz CT molecular complexity index is 61.9. The summed E-state index contributed by atoms with van der Waals surface area (Å²) < 4.78 is 0. The molecule has 0 saturated carbocycles. The minimum atomic E-state index is 0. The number of terminal acetylenes is 1. The number of hydrogen-bond donors (Lipinski definition) is 0. The summed E-state index contributed by atoms with van der Waals surface area (Å²) in [4.78, 5) is 0. The van der Waals surface area contributed by atoms with Crippen molar-refractivity contribution in [2.75, 3.05) is 0 Å². The highest BCUT2D eigenvalue weighted by molar-refractivity contribution is 5.08. The second kappa shape index (κ2) is 12.2. The Morgan fingerprint density at radius 2 is 1.80 bits per heavy atom. The van der Waals surface area contributed by atoms with Gasteiger partial charge < -0.3 is 0 Å². The normalized spacial score (nSPS) is 2.00. The number of nitrogens with zero attached hydrogens (tertiary/aromatic N) is 1. The molecule has 0 unspecified atom stereocenters. The van der Waals surface area contributed by atoms with Gasteiger partial charge in [0.05, 0.1) is 0 Å². The molecule has 0 atom stereocenters. The van der Waals surface area contributed by atoms with Gasteiger partial charge in [0.1, 0.15) is 0 Å². The second-order valence-electron chi connectivity index (χ2n) is 0.256. The summed E-state index contributed by atoms with van der Waals surface area (Å²) in [6.45, 7) is 0. The van der Waals surface area contributed by atoms with E-state index in [0.717, 1.165) is 0 Å². The minimum Gasteiger partial charge on any atom is -0.269 e. The minimum absolute atomic E-state index is 0. The SMILES string of the molecule is C#CC#N.F. The second-order valence-corrected chi connectivity index (χ2v) is 0.256. The summed E-state index contributed by atoms with van der Waals surface area (Å²) in [6, 6.07) is 1.46. The molecule has 5 heavy (non-hydrogen) atoms. The van der Waals surface area contributed by atoms with Crippen LogP contribution in [0, 0.1) is 23.7 Å². The lowest BCUT2D eigenvalue weighted by Gasteiger charge is -1.23. The summed E-state index contributed by atoms with van der Waals surface area (Å²) in [5, 5.41) is 7.39. The average molecular weight is 71.1 g/mol. The zero-order valence-electron chi connectivity index (χ0n) is 2.43. The molecule has 0 bridgehead atoms. The molecule has 0 spiro atoms. The van der Waals surface area contributed by atoms with Crippen LogP contribution in [0.25, 0.3) is 0 Å². The van der Waals surface area contributed by atoms with E-state index in [1.165, 1.54) is 6.07 Å². The van der Waals surface area contributed by atoms with Crippen LogP contribution in [0.4, 0.5) is 4.70 Å². The first-order valence-electron chi connectivity index (χ1n) is 0.762. The van der Waals surface area contributed by atoms with Gasteiger partial charge in [-0.3, -0.25) is 4.70 Å². The Balaban J connectivity index is 0. The zero-order chi connectivity index (χ0) is 3.41. The molecule has 0 radical (unpaired) electrons. The molecular weight excluding hydrogens is 69.0 g/mol. The first-order chi connectivity index (χ1) is 1.91. The van der Waals surface area contributed by atoms with Gasteiger partial charge in [-0.05, 0) is 0 Å². The summed E-state index contributed by atoms with van der Waals surface area (Å²) in [6.07, 6.45) is 4.42. The molecule has 0 aromatic rings. The van der Waals surface area contributed by atoms with Crippen LogP contribution in [0.3, 0.4) is 0 Å². The molecule has 0 aliphatic heterocycles. The molecule has 0 heterocycles. The van der Waals surface area contributed by atoms with Crippen LogP contribution in [0.1, 0.15) is 0 Å². The monoisotopic (exact) mass is 71.0 g/mol. The summed E-state index contributed by atoms with van der Waals surface area (Å²) >= 11 is 0. The predicted molar refractivity (Wildman–Crippen MR) is 16.9 cm³/mol. The van der Waals surface area contributed by atoms with Crippen LogP contribution in [0.15, 0.2) is 0 Å². The quantitative estimate of drug-likeness (QED) is 0.377. The van der Waals surface area contributed by atoms with Gasteiger partial charge in [0.15, 0.2) is 6.07 Å². The van der Waals surface area contributed by atoms with Crippen molar-refractivity contribution >= 4 is 0 Å². The van der Waals surface area contributed by atoms with Gasteiger partial charge in [0.25, 0.3) is 0 Å². The lowest BCUT2D eigenvalue weighted by atomic mass is 10.8. The van der Waals surface area contributed by atoms with E-state index in [1.54, 1.807) is 5.92 Å². The van der Waals surface area contributed by atoms with Crippen LogP contribution < -0.4 is 0 Å². The number of nitriles is 1. The maximum atomic E-state index is 7.39. The van der Waals surface area contributed by atoms with Crippen molar-refractivity contribution in [2.24, 2.45) is 0 Å². The van der Waals surface area contributed by atoms with Crippen molar-refractivity contribution in [2.45, 2.75) is 0 Å². The third-order valence-electron chi connectivity index (χ3n) is 0.0645. The predicted octanol–water partition coefficient (Wildman–Crippen LogP) is 0.296. The Hall–Kier alpha value is -1.02. The van der Waals surface area contributed by atoms with Gasteiger partial charge >= 0.3 is 0 Å². The Morgan fingerprint density at radius 1 is 1.60 bits per heavy atom. The van der Waals surface area contributed by atoms with Crippen molar-refractivity contribution in [3.8, 4) is 18.4 Å². The van der Waals surface area contributed by atoms with Crippen molar-refractivity contribution < 1.29 is 4.70 Å². The molecule has 1 nitrogen and oxygen atoms in total. The van der Waals surface area contributed by atoms with Crippen molar-refractivity contribution in [3.63, 3.8) is 0 Å². The summed E-state index contributed by atoms with van der Waals surface area (Å²) in [5.41, 5.74) is 0. The standard InChI is InChI=1S/C3HN.FH/c1-2-3-4;/h1H;1H. The van der Waals surface area contributed by atoms with Crippen LogP contribution >= 0.6 is 0 Å². The number of hydrogen-bond acceptors (Lipinski definition) is 1. The fraction of sp³-hybridized carbons (Fsp3) is 0. The molecule has 0 aliphatic rings. The molecule has 0 fully saturated rings. The third kappa shape index (κ3) is 7150. The van der Waals surface area contributed by atoms with Gasteiger partial charge in [-0.25, -0.2) is 0 Å². The number of rotatable bonds is 0. The maximum absolute atomic E-state index is 7.39. The molecule has 0 rings (SSSR count). The first-order valence-corrected chi connectivity index (χ1v) is 0.762. The fourth-order valence-electron chi connectivity index (χ4n) is 0. The van der Waals surface area contributed by atoms with Crippen LogP contribution in [0.2, 0.25) is 0 Å². The topological polar surface area (TPSA) is 23.8 Å². The molecule has 0 aliphatic carbocycles. The van der Waals surface area contributed by atoms with E-state index >= 15 is 0 Å². The highest BCUT2D eigenvalue weighted by Crippen LogP contribution is 1.27. The summed E-state index contributed by atoms with van der Waals surface area (Å²) in [5.74, 6) is 1.74. The third-order valence-corrected chi connectivity index (χ3v) is 0.0645. The number of halogens is 1. The van der Waals surface area contributed by atoms with E-state index < -0.39 is 0 Å². The highest BCUT2D eigenvalue weighted by Gasteiger charge is 1.31. The van der Waals surface area contributed by atoms with Crippen LogP contribution in [0.5, 0.6) is 0 Å². The van der Waals surface area contributed by atoms with Gasteiger partial charge in [0.2, 0.25) is 0 Å². The zero-order valence-corrected chi connectivity index (χ0v) is 2.43. The van der Waals surface area contributed by atoms with Crippen LogP contribution in [-0.4, -0.2) is 0 Å². The maximum Gasteiger partial charge on any atom is 0.152 e. The lowest BCUT2D eigenvalue weighted by molar-refractivity contribution is 1.11. The van der Waals surface area contributed by atoms with Crippen molar-refractivity contribution in [1.29, 1.82) is 5.26 Å².